The fraction of sp³-hybridized carbons (Fsp3) is 0.462. The molecular formula is C13H18N6. The lowest BCUT2D eigenvalue weighted by molar-refractivity contribution is 0.269. The Kier molecular flexibility index (Phi) is 3.27. The molecule has 1 atom stereocenters. The number of anilines is 1. The third-order valence-electron chi connectivity index (χ3n) is 3.57. The van der Waals surface area contributed by atoms with Crippen molar-refractivity contribution in [1.29, 1.82) is 0 Å². The van der Waals surface area contributed by atoms with Gasteiger partial charge < -0.3 is 15.5 Å². The highest BCUT2D eigenvalue weighted by atomic mass is 15.3. The summed E-state index contributed by atoms with van der Waals surface area (Å²) in [4.78, 5) is 17.7. The van der Waals surface area contributed by atoms with Crippen molar-refractivity contribution in [2.75, 3.05) is 38.1 Å². The number of aromatic nitrogens is 3. The Labute approximate surface area is 112 Å². The molecule has 1 saturated heterocycles. The highest BCUT2D eigenvalue weighted by molar-refractivity contribution is 5.71. The van der Waals surface area contributed by atoms with E-state index in [9.17, 15) is 0 Å². The van der Waals surface area contributed by atoms with Crippen LogP contribution in [0.15, 0.2) is 24.5 Å². The van der Waals surface area contributed by atoms with E-state index in [-0.39, 0.29) is 0 Å². The normalized spacial score (nSPS) is 20.9. The first-order valence-corrected chi connectivity index (χ1v) is 6.51. The first kappa shape index (κ1) is 12.3. The van der Waals surface area contributed by atoms with Crippen molar-refractivity contribution in [1.82, 2.24) is 19.9 Å². The molecule has 6 nitrogen and oxygen atoms in total. The minimum atomic E-state index is 0.306. The summed E-state index contributed by atoms with van der Waals surface area (Å²) in [5.74, 6) is 0.941. The summed E-state index contributed by atoms with van der Waals surface area (Å²) in [5, 5.41) is 0. The van der Waals surface area contributed by atoms with Crippen molar-refractivity contribution in [2.24, 2.45) is 5.73 Å². The largest absolute Gasteiger partial charge is 0.350 e. The number of hydrogen-bond donors (Lipinski definition) is 1. The number of pyridine rings is 1. The van der Waals surface area contributed by atoms with Gasteiger partial charge in [0.25, 0.3) is 0 Å². The summed E-state index contributed by atoms with van der Waals surface area (Å²) in [5.41, 5.74) is 7.40. The van der Waals surface area contributed by atoms with E-state index in [0.29, 0.717) is 18.2 Å². The molecule has 0 spiro atoms. The molecule has 3 rings (SSSR count). The van der Waals surface area contributed by atoms with Gasteiger partial charge in [-0.3, -0.25) is 4.98 Å². The van der Waals surface area contributed by atoms with Crippen LogP contribution in [-0.2, 0) is 0 Å². The Morgan fingerprint density at radius 2 is 2.11 bits per heavy atom. The Morgan fingerprint density at radius 3 is 2.95 bits per heavy atom. The van der Waals surface area contributed by atoms with Crippen LogP contribution in [0.5, 0.6) is 0 Å². The SMILES string of the molecule is CN1CCN(c2ccc3nccnc3n2)C(CN)C1. The Bertz CT molecular complexity index is 572. The number of nitrogens with zero attached hydrogens (tertiary/aromatic N) is 5. The molecule has 100 valence electrons. The van der Waals surface area contributed by atoms with E-state index < -0.39 is 0 Å². The third-order valence-corrected chi connectivity index (χ3v) is 3.57. The van der Waals surface area contributed by atoms with Gasteiger partial charge >= 0.3 is 0 Å². The average molecular weight is 258 g/mol. The Hall–Kier alpha value is -1.79. The summed E-state index contributed by atoms with van der Waals surface area (Å²) < 4.78 is 0. The summed E-state index contributed by atoms with van der Waals surface area (Å²) in [6.07, 6.45) is 3.35. The first-order valence-electron chi connectivity index (χ1n) is 6.51. The van der Waals surface area contributed by atoms with Gasteiger partial charge in [0.15, 0.2) is 5.65 Å². The third kappa shape index (κ3) is 2.36. The zero-order chi connectivity index (χ0) is 13.2. The van der Waals surface area contributed by atoms with Crippen LogP contribution in [0.25, 0.3) is 11.2 Å². The van der Waals surface area contributed by atoms with Crippen molar-refractivity contribution in [3.63, 3.8) is 0 Å². The Morgan fingerprint density at radius 1 is 1.26 bits per heavy atom. The second-order valence-corrected chi connectivity index (χ2v) is 4.91. The topological polar surface area (TPSA) is 71.2 Å². The number of fused-ring (bicyclic) bond motifs is 1. The van der Waals surface area contributed by atoms with Crippen molar-refractivity contribution in [3.8, 4) is 0 Å². The maximum Gasteiger partial charge on any atom is 0.180 e. The van der Waals surface area contributed by atoms with Crippen molar-refractivity contribution >= 4 is 17.0 Å². The van der Waals surface area contributed by atoms with Crippen molar-refractivity contribution in [2.45, 2.75) is 6.04 Å². The number of hydrogen-bond acceptors (Lipinski definition) is 6. The van der Waals surface area contributed by atoms with Gasteiger partial charge in [-0.15, -0.1) is 0 Å². The molecule has 2 N–H and O–H groups in total. The molecule has 2 aromatic heterocycles. The van der Waals surface area contributed by atoms with Crippen LogP contribution >= 0.6 is 0 Å². The molecule has 3 heterocycles. The number of rotatable bonds is 2. The molecule has 0 aliphatic carbocycles. The lowest BCUT2D eigenvalue weighted by Gasteiger charge is -2.40. The van der Waals surface area contributed by atoms with Crippen molar-refractivity contribution in [3.05, 3.63) is 24.5 Å². The van der Waals surface area contributed by atoms with Gasteiger partial charge in [-0.05, 0) is 19.2 Å². The van der Waals surface area contributed by atoms with Crippen LogP contribution in [-0.4, -0.2) is 59.1 Å². The second kappa shape index (κ2) is 5.07. The van der Waals surface area contributed by atoms with E-state index in [0.717, 1.165) is 31.0 Å². The van der Waals surface area contributed by atoms with Crippen LogP contribution in [0.2, 0.25) is 0 Å². The van der Waals surface area contributed by atoms with E-state index in [1.54, 1.807) is 12.4 Å². The minimum Gasteiger partial charge on any atom is -0.350 e. The number of likely N-dealkylation sites (N-methyl/N-ethyl adjacent to an activating group) is 1. The van der Waals surface area contributed by atoms with Crippen LogP contribution in [0.4, 0.5) is 5.82 Å². The van der Waals surface area contributed by atoms with Crippen LogP contribution in [0, 0.1) is 0 Å². The first-order chi connectivity index (χ1) is 9.28. The fourth-order valence-corrected chi connectivity index (χ4v) is 2.52. The molecule has 0 amide bonds. The Balaban J connectivity index is 1.94. The zero-order valence-electron chi connectivity index (χ0n) is 11.0. The van der Waals surface area contributed by atoms with Crippen LogP contribution in [0.1, 0.15) is 0 Å². The lowest BCUT2D eigenvalue weighted by Crippen LogP contribution is -2.55. The molecular weight excluding hydrogens is 240 g/mol. The van der Waals surface area contributed by atoms with E-state index in [4.69, 9.17) is 5.73 Å². The molecule has 0 bridgehead atoms. The summed E-state index contributed by atoms with van der Waals surface area (Å²) >= 11 is 0. The summed E-state index contributed by atoms with van der Waals surface area (Å²) in [6.45, 7) is 3.56. The maximum atomic E-state index is 5.88. The highest BCUT2D eigenvalue weighted by Gasteiger charge is 2.25. The van der Waals surface area contributed by atoms with Gasteiger partial charge in [-0.2, -0.15) is 0 Å². The molecule has 0 radical (unpaired) electrons. The molecule has 1 unspecified atom stereocenters. The molecule has 0 aromatic carbocycles. The van der Waals surface area contributed by atoms with E-state index in [1.165, 1.54) is 0 Å². The maximum absolute atomic E-state index is 5.88. The molecule has 1 fully saturated rings. The van der Waals surface area contributed by atoms with Gasteiger partial charge in [0.2, 0.25) is 0 Å². The van der Waals surface area contributed by atoms with Gasteiger partial charge in [0.1, 0.15) is 11.3 Å². The van der Waals surface area contributed by atoms with Gasteiger partial charge in [-0.1, -0.05) is 0 Å². The van der Waals surface area contributed by atoms with Crippen molar-refractivity contribution < 1.29 is 0 Å². The van der Waals surface area contributed by atoms with Gasteiger partial charge in [-0.25, -0.2) is 9.97 Å². The van der Waals surface area contributed by atoms with Gasteiger partial charge in [0.05, 0.1) is 6.04 Å². The smallest absolute Gasteiger partial charge is 0.180 e. The predicted octanol–water partition coefficient (Wildman–Crippen LogP) is 0.104. The molecule has 1 aliphatic rings. The summed E-state index contributed by atoms with van der Waals surface area (Å²) in [6, 6.07) is 4.28. The lowest BCUT2D eigenvalue weighted by atomic mass is 10.1. The average Bonchev–Trinajstić information content (AvgIpc) is 2.46. The number of nitrogens with two attached hydrogens (primary N) is 1. The minimum absolute atomic E-state index is 0.306. The second-order valence-electron chi connectivity index (χ2n) is 4.91. The quantitative estimate of drug-likeness (QED) is 0.824. The van der Waals surface area contributed by atoms with E-state index in [1.807, 2.05) is 12.1 Å². The molecule has 2 aromatic rings. The number of piperazine rings is 1. The molecule has 6 heteroatoms. The predicted molar refractivity (Wildman–Crippen MR) is 75.0 cm³/mol. The van der Waals surface area contributed by atoms with Crippen LogP contribution < -0.4 is 10.6 Å². The summed E-state index contributed by atoms with van der Waals surface area (Å²) in [7, 11) is 2.12. The van der Waals surface area contributed by atoms with E-state index >= 15 is 0 Å². The molecule has 0 saturated carbocycles. The van der Waals surface area contributed by atoms with E-state index in [2.05, 4.69) is 31.8 Å². The molecule has 1 aliphatic heterocycles. The zero-order valence-corrected chi connectivity index (χ0v) is 11.0. The van der Waals surface area contributed by atoms with Gasteiger partial charge in [0, 0.05) is 38.6 Å². The molecule has 19 heavy (non-hydrogen) atoms. The standard InChI is InChI=1S/C13H18N6/c1-18-6-7-19(10(8-14)9-18)12-3-2-11-13(17-12)16-5-4-15-11/h2-5,10H,6-9,14H2,1H3. The fourth-order valence-electron chi connectivity index (χ4n) is 2.52. The monoisotopic (exact) mass is 258 g/mol. The highest BCUT2D eigenvalue weighted by Crippen LogP contribution is 2.19. The van der Waals surface area contributed by atoms with Crippen LogP contribution in [0.3, 0.4) is 0 Å².